The quantitative estimate of drug-likeness (QED) is 0.870. The Morgan fingerprint density at radius 3 is 2.61 bits per heavy atom. The fourth-order valence-corrected chi connectivity index (χ4v) is 2.82. The molecule has 5 heteroatoms. The highest BCUT2D eigenvalue weighted by Gasteiger charge is 2.23. The Hall–Kier alpha value is -2.56. The first kappa shape index (κ1) is 15.3. The van der Waals surface area contributed by atoms with Crippen LogP contribution in [0, 0.1) is 0 Å². The number of carbonyl (C=O) groups is 1. The summed E-state index contributed by atoms with van der Waals surface area (Å²) in [6.45, 7) is 5.65. The zero-order chi connectivity index (χ0) is 16.1. The first-order valence-electron chi connectivity index (χ1n) is 7.95. The van der Waals surface area contributed by atoms with Gasteiger partial charge in [0.15, 0.2) is 0 Å². The number of nitrogens with zero attached hydrogens (tertiary/aromatic N) is 3. The normalized spacial score (nSPS) is 14.7. The third-order valence-electron chi connectivity index (χ3n) is 3.98. The highest BCUT2D eigenvalue weighted by atomic mass is 16.5. The second kappa shape index (κ2) is 7.13. The molecule has 0 unspecified atom stereocenters. The van der Waals surface area contributed by atoms with Gasteiger partial charge >= 0.3 is 0 Å². The van der Waals surface area contributed by atoms with Crippen molar-refractivity contribution < 1.29 is 9.53 Å². The fraction of sp³-hybridized carbons (Fsp3) is 0.333. The van der Waals surface area contributed by atoms with Crippen LogP contribution >= 0.6 is 0 Å². The van der Waals surface area contributed by atoms with Crippen LogP contribution in [0.4, 0.5) is 5.69 Å². The van der Waals surface area contributed by atoms with Crippen molar-refractivity contribution in [1.82, 2.24) is 9.88 Å². The van der Waals surface area contributed by atoms with Gasteiger partial charge < -0.3 is 14.5 Å². The minimum absolute atomic E-state index is 0.0517. The van der Waals surface area contributed by atoms with Gasteiger partial charge in [0.25, 0.3) is 5.91 Å². The van der Waals surface area contributed by atoms with Gasteiger partial charge in [0.2, 0.25) is 0 Å². The first-order valence-corrected chi connectivity index (χ1v) is 7.95. The molecule has 23 heavy (non-hydrogen) atoms. The lowest BCUT2D eigenvalue weighted by atomic mass is 10.2. The maximum atomic E-state index is 12.5. The van der Waals surface area contributed by atoms with Crippen molar-refractivity contribution >= 4 is 11.6 Å². The maximum absolute atomic E-state index is 12.5. The van der Waals surface area contributed by atoms with Crippen LogP contribution in [-0.2, 0) is 0 Å². The van der Waals surface area contributed by atoms with E-state index in [-0.39, 0.29) is 5.91 Å². The summed E-state index contributed by atoms with van der Waals surface area (Å²) in [5, 5.41) is 0. The van der Waals surface area contributed by atoms with Gasteiger partial charge in [-0.05, 0) is 31.2 Å². The molecule has 2 heterocycles. The lowest BCUT2D eigenvalue weighted by molar-refractivity contribution is 0.0746. The van der Waals surface area contributed by atoms with Crippen molar-refractivity contribution in [3.05, 3.63) is 54.4 Å². The van der Waals surface area contributed by atoms with E-state index in [1.165, 1.54) is 0 Å². The highest BCUT2D eigenvalue weighted by molar-refractivity contribution is 5.94. The molecular weight excluding hydrogens is 290 g/mol. The van der Waals surface area contributed by atoms with Gasteiger partial charge in [-0.3, -0.25) is 9.78 Å². The number of pyridine rings is 1. The second-order valence-electron chi connectivity index (χ2n) is 5.42. The zero-order valence-corrected chi connectivity index (χ0v) is 13.3. The molecule has 1 aromatic carbocycles. The largest absolute Gasteiger partial charge is 0.492 e. The van der Waals surface area contributed by atoms with Gasteiger partial charge in [-0.1, -0.05) is 12.1 Å². The molecule has 0 saturated carbocycles. The predicted molar refractivity (Wildman–Crippen MR) is 90.0 cm³/mol. The molecule has 1 amide bonds. The monoisotopic (exact) mass is 311 g/mol. The van der Waals surface area contributed by atoms with Gasteiger partial charge in [-0.2, -0.15) is 0 Å². The first-order chi connectivity index (χ1) is 11.3. The van der Waals surface area contributed by atoms with Gasteiger partial charge in [0, 0.05) is 38.6 Å². The summed E-state index contributed by atoms with van der Waals surface area (Å²) < 4.78 is 5.70. The van der Waals surface area contributed by atoms with Gasteiger partial charge in [0.1, 0.15) is 5.75 Å². The Kier molecular flexibility index (Phi) is 4.76. The van der Waals surface area contributed by atoms with Crippen LogP contribution in [0.1, 0.15) is 17.3 Å². The van der Waals surface area contributed by atoms with E-state index in [0.29, 0.717) is 25.3 Å². The topological polar surface area (TPSA) is 45.7 Å². The minimum atomic E-state index is 0.0517. The summed E-state index contributed by atoms with van der Waals surface area (Å²) in [7, 11) is 0. The molecule has 0 bridgehead atoms. The summed E-state index contributed by atoms with van der Waals surface area (Å²) in [5.74, 6) is 0.956. The van der Waals surface area contributed by atoms with Crippen LogP contribution in [-0.4, -0.2) is 48.6 Å². The summed E-state index contributed by atoms with van der Waals surface area (Å²) in [4.78, 5) is 20.6. The average molecular weight is 311 g/mol. The molecular formula is C18H21N3O2. The predicted octanol–water partition coefficient (Wildman–Crippen LogP) is 2.44. The third kappa shape index (κ3) is 3.44. The number of benzene rings is 1. The zero-order valence-electron chi connectivity index (χ0n) is 13.3. The molecule has 1 aliphatic rings. The SMILES string of the molecule is CCOc1ccccc1N1CCN(C(=O)c2cccnc2)CC1. The summed E-state index contributed by atoms with van der Waals surface area (Å²) in [5.41, 5.74) is 1.75. The minimum Gasteiger partial charge on any atom is -0.492 e. The van der Waals surface area contributed by atoms with E-state index in [2.05, 4.69) is 16.0 Å². The Bertz CT molecular complexity index is 652. The van der Waals surface area contributed by atoms with Crippen LogP contribution in [0.15, 0.2) is 48.8 Å². The number of rotatable bonds is 4. The van der Waals surface area contributed by atoms with Gasteiger partial charge in [0.05, 0.1) is 17.9 Å². The van der Waals surface area contributed by atoms with Gasteiger partial charge in [-0.25, -0.2) is 0 Å². The van der Waals surface area contributed by atoms with Gasteiger partial charge in [-0.15, -0.1) is 0 Å². The van der Waals surface area contributed by atoms with Crippen molar-refractivity contribution in [3.8, 4) is 5.75 Å². The Balaban J connectivity index is 1.66. The molecule has 2 aromatic rings. The molecule has 3 rings (SSSR count). The smallest absolute Gasteiger partial charge is 0.255 e. The van der Waals surface area contributed by atoms with Crippen LogP contribution in [0.3, 0.4) is 0 Å². The average Bonchev–Trinajstić information content (AvgIpc) is 2.63. The Morgan fingerprint density at radius 1 is 1.13 bits per heavy atom. The van der Waals surface area contributed by atoms with E-state index in [0.717, 1.165) is 24.5 Å². The summed E-state index contributed by atoms with van der Waals surface area (Å²) in [6.07, 6.45) is 3.30. The Morgan fingerprint density at radius 2 is 1.91 bits per heavy atom. The number of amides is 1. The van der Waals surface area contributed by atoms with Crippen LogP contribution < -0.4 is 9.64 Å². The van der Waals surface area contributed by atoms with Crippen molar-refractivity contribution in [1.29, 1.82) is 0 Å². The van der Waals surface area contributed by atoms with Crippen molar-refractivity contribution in [2.45, 2.75) is 6.92 Å². The molecule has 5 nitrogen and oxygen atoms in total. The van der Waals surface area contributed by atoms with Crippen molar-refractivity contribution in [2.75, 3.05) is 37.7 Å². The number of hydrogen-bond acceptors (Lipinski definition) is 4. The van der Waals surface area contributed by atoms with E-state index in [4.69, 9.17) is 4.74 Å². The molecule has 1 saturated heterocycles. The number of hydrogen-bond donors (Lipinski definition) is 0. The van der Waals surface area contributed by atoms with Crippen molar-refractivity contribution in [2.24, 2.45) is 0 Å². The number of carbonyl (C=O) groups excluding carboxylic acids is 1. The lowest BCUT2D eigenvalue weighted by Gasteiger charge is -2.36. The van der Waals surface area contributed by atoms with Crippen molar-refractivity contribution in [3.63, 3.8) is 0 Å². The molecule has 0 atom stereocenters. The fourth-order valence-electron chi connectivity index (χ4n) is 2.82. The number of para-hydroxylation sites is 2. The van der Waals surface area contributed by atoms with Crippen LogP contribution in [0.2, 0.25) is 0 Å². The van der Waals surface area contributed by atoms with E-state index in [1.54, 1.807) is 18.5 Å². The molecule has 0 spiro atoms. The molecule has 1 aliphatic heterocycles. The molecule has 1 fully saturated rings. The van der Waals surface area contributed by atoms with Crippen LogP contribution in [0.5, 0.6) is 5.75 Å². The van der Waals surface area contributed by atoms with Crippen LogP contribution in [0.25, 0.3) is 0 Å². The standard InChI is InChI=1S/C18H21N3O2/c1-2-23-17-8-4-3-7-16(17)20-10-12-21(13-11-20)18(22)15-6-5-9-19-14-15/h3-9,14H,2,10-13H2,1H3. The summed E-state index contributed by atoms with van der Waals surface area (Å²) in [6, 6.07) is 11.7. The number of aromatic nitrogens is 1. The summed E-state index contributed by atoms with van der Waals surface area (Å²) >= 11 is 0. The lowest BCUT2D eigenvalue weighted by Crippen LogP contribution is -2.48. The van der Waals surface area contributed by atoms with E-state index < -0.39 is 0 Å². The Labute approximate surface area is 136 Å². The number of piperazine rings is 1. The van der Waals surface area contributed by atoms with E-state index in [9.17, 15) is 4.79 Å². The van der Waals surface area contributed by atoms with E-state index >= 15 is 0 Å². The molecule has 0 N–H and O–H groups in total. The van der Waals surface area contributed by atoms with E-state index in [1.807, 2.05) is 36.1 Å². The number of ether oxygens (including phenoxy) is 1. The maximum Gasteiger partial charge on any atom is 0.255 e. The molecule has 1 aromatic heterocycles. The molecule has 0 radical (unpaired) electrons. The highest BCUT2D eigenvalue weighted by Crippen LogP contribution is 2.28. The second-order valence-corrected chi connectivity index (χ2v) is 5.42. The molecule has 0 aliphatic carbocycles. The number of anilines is 1. The third-order valence-corrected chi connectivity index (χ3v) is 3.98. The molecule has 120 valence electrons.